The monoisotopic (exact) mass is 350 g/mol. The molecule has 0 aliphatic heterocycles. The number of hydrogen-bond donors (Lipinski definition) is 1. The van der Waals surface area contributed by atoms with Crippen molar-refractivity contribution in [2.45, 2.75) is 6.92 Å². The number of halogens is 1. The van der Waals surface area contributed by atoms with Gasteiger partial charge in [0, 0.05) is 21.0 Å². The molecule has 0 unspecified atom stereocenters. The lowest BCUT2D eigenvalue weighted by Gasteiger charge is -2.05. The van der Waals surface area contributed by atoms with Crippen molar-refractivity contribution in [3.63, 3.8) is 0 Å². The smallest absolute Gasteiger partial charge is 0.169 e. The molecule has 0 saturated heterocycles. The summed E-state index contributed by atoms with van der Waals surface area (Å²) in [4.78, 5) is 0. The van der Waals surface area contributed by atoms with Gasteiger partial charge in [-0.1, -0.05) is 18.2 Å². The number of aryl methyl sites for hydroxylation is 1. The summed E-state index contributed by atoms with van der Waals surface area (Å²) in [6.07, 6.45) is 1.85. The van der Waals surface area contributed by atoms with E-state index in [4.69, 9.17) is 5.73 Å². The van der Waals surface area contributed by atoms with Gasteiger partial charge in [0.1, 0.15) is 0 Å². The molecule has 0 fully saturated rings. The average Bonchev–Trinajstić information content (AvgIpc) is 2.75. The van der Waals surface area contributed by atoms with Gasteiger partial charge < -0.3 is 5.73 Å². The van der Waals surface area contributed by atoms with Crippen molar-refractivity contribution in [1.29, 1.82) is 0 Å². The molecule has 3 rings (SSSR count). The molecule has 0 aliphatic rings. The fourth-order valence-electron chi connectivity index (χ4n) is 1.91. The minimum absolute atomic E-state index is 0.700. The quantitative estimate of drug-likeness (QED) is 0.687. The molecule has 0 aliphatic carbocycles. The van der Waals surface area contributed by atoms with Gasteiger partial charge in [-0.3, -0.25) is 4.40 Å². The van der Waals surface area contributed by atoms with Gasteiger partial charge in [0.2, 0.25) is 0 Å². The minimum atomic E-state index is 0.700. The molecule has 1 aromatic carbocycles. The summed E-state index contributed by atoms with van der Waals surface area (Å²) in [5.41, 5.74) is 9.63. The number of nitrogens with zero attached hydrogens (tertiary/aromatic N) is 3. The summed E-state index contributed by atoms with van der Waals surface area (Å²) < 4.78 is 3.11. The van der Waals surface area contributed by atoms with E-state index in [0.717, 1.165) is 17.0 Å². The maximum atomic E-state index is 5.82. The van der Waals surface area contributed by atoms with Crippen LogP contribution in [0.4, 0.5) is 5.69 Å². The topological polar surface area (TPSA) is 56.2 Å². The zero-order valence-corrected chi connectivity index (χ0v) is 11.9. The molecular weight excluding hydrogens is 339 g/mol. The first-order valence-corrected chi connectivity index (χ1v) is 6.60. The zero-order chi connectivity index (χ0) is 12.7. The van der Waals surface area contributed by atoms with Crippen LogP contribution < -0.4 is 5.73 Å². The Kier molecular flexibility index (Phi) is 2.70. The van der Waals surface area contributed by atoms with Crippen molar-refractivity contribution in [3.8, 4) is 11.4 Å². The summed E-state index contributed by atoms with van der Waals surface area (Å²) in [5, 5.41) is 8.42. The molecule has 0 bridgehead atoms. The molecular formula is C13H11IN4. The van der Waals surface area contributed by atoms with Crippen molar-refractivity contribution in [3.05, 3.63) is 45.7 Å². The highest BCUT2D eigenvalue weighted by atomic mass is 127. The second-order valence-electron chi connectivity index (χ2n) is 4.15. The molecule has 0 amide bonds. The standard InChI is InChI=1S/C13H11IN4/c1-8-3-2-4-10(12(8)14)13-17-16-11-6-5-9(15)7-18(11)13/h2-7H,15H2,1H3. The molecule has 90 valence electrons. The van der Waals surface area contributed by atoms with Gasteiger partial charge in [0.05, 0.1) is 0 Å². The van der Waals surface area contributed by atoms with E-state index in [2.05, 4.69) is 51.8 Å². The molecule has 0 atom stereocenters. The number of anilines is 1. The van der Waals surface area contributed by atoms with Crippen LogP contribution in [0.5, 0.6) is 0 Å². The first-order valence-electron chi connectivity index (χ1n) is 5.52. The molecule has 4 nitrogen and oxygen atoms in total. The van der Waals surface area contributed by atoms with Crippen LogP contribution in [-0.4, -0.2) is 14.6 Å². The van der Waals surface area contributed by atoms with Crippen LogP contribution in [0, 0.1) is 10.5 Å². The van der Waals surface area contributed by atoms with Crippen LogP contribution in [0.15, 0.2) is 36.5 Å². The lowest BCUT2D eigenvalue weighted by molar-refractivity contribution is 1.11. The number of hydrogen-bond acceptors (Lipinski definition) is 3. The first kappa shape index (κ1) is 11.5. The number of pyridine rings is 1. The average molecular weight is 350 g/mol. The van der Waals surface area contributed by atoms with Gasteiger partial charge in [-0.15, -0.1) is 10.2 Å². The SMILES string of the molecule is Cc1cccc(-c2nnc3ccc(N)cn23)c1I. The normalized spacial score (nSPS) is 11.0. The van der Waals surface area contributed by atoms with Gasteiger partial charge in [0.25, 0.3) is 0 Å². The van der Waals surface area contributed by atoms with E-state index in [-0.39, 0.29) is 0 Å². The summed E-state index contributed by atoms with van der Waals surface area (Å²) in [5.74, 6) is 0.824. The highest BCUT2D eigenvalue weighted by Gasteiger charge is 2.12. The Balaban J connectivity index is 2.32. The zero-order valence-electron chi connectivity index (χ0n) is 9.76. The van der Waals surface area contributed by atoms with Crippen molar-refractivity contribution >= 4 is 33.9 Å². The summed E-state index contributed by atoms with van der Waals surface area (Å²) in [7, 11) is 0. The molecule has 0 saturated carbocycles. The first-order chi connectivity index (χ1) is 8.66. The van der Waals surface area contributed by atoms with Crippen molar-refractivity contribution < 1.29 is 0 Å². The Hall–Kier alpha value is -1.63. The van der Waals surface area contributed by atoms with Crippen molar-refractivity contribution in [2.24, 2.45) is 0 Å². The number of benzene rings is 1. The predicted molar refractivity (Wildman–Crippen MR) is 80.3 cm³/mol. The van der Waals surface area contributed by atoms with Crippen LogP contribution >= 0.6 is 22.6 Å². The van der Waals surface area contributed by atoms with E-state index in [1.165, 1.54) is 9.13 Å². The Bertz CT molecular complexity index is 733. The number of fused-ring (bicyclic) bond motifs is 1. The fourth-order valence-corrected chi connectivity index (χ4v) is 2.51. The van der Waals surface area contributed by atoms with Crippen LogP contribution in [0.25, 0.3) is 17.0 Å². The lowest BCUT2D eigenvalue weighted by Crippen LogP contribution is -1.95. The molecule has 0 spiro atoms. The molecule has 2 heterocycles. The van der Waals surface area contributed by atoms with Crippen LogP contribution in [0.1, 0.15) is 5.56 Å². The third-order valence-electron chi connectivity index (χ3n) is 2.86. The third-order valence-corrected chi connectivity index (χ3v) is 4.29. The Morgan fingerprint density at radius 2 is 2.00 bits per heavy atom. The Morgan fingerprint density at radius 1 is 1.17 bits per heavy atom. The Morgan fingerprint density at radius 3 is 2.83 bits per heavy atom. The number of nitrogen functional groups attached to an aromatic ring is 1. The van der Waals surface area contributed by atoms with E-state index >= 15 is 0 Å². The summed E-state index contributed by atoms with van der Waals surface area (Å²) >= 11 is 2.33. The molecule has 2 N–H and O–H groups in total. The van der Waals surface area contributed by atoms with Crippen molar-refractivity contribution in [2.75, 3.05) is 5.73 Å². The van der Waals surface area contributed by atoms with Crippen LogP contribution in [0.3, 0.4) is 0 Å². The van der Waals surface area contributed by atoms with E-state index < -0.39 is 0 Å². The van der Waals surface area contributed by atoms with Gasteiger partial charge in [-0.25, -0.2) is 0 Å². The maximum absolute atomic E-state index is 5.82. The van der Waals surface area contributed by atoms with E-state index in [1.54, 1.807) is 0 Å². The number of aromatic nitrogens is 3. The maximum Gasteiger partial charge on any atom is 0.169 e. The van der Waals surface area contributed by atoms with Gasteiger partial charge in [0.15, 0.2) is 11.5 Å². The van der Waals surface area contributed by atoms with Gasteiger partial charge in [-0.2, -0.15) is 0 Å². The van der Waals surface area contributed by atoms with Crippen LogP contribution in [0.2, 0.25) is 0 Å². The minimum Gasteiger partial charge on any atom is -0.398 e. The van der Waals surface area contributed by atoms with Crippen LogP contribution in [-0.2, 0) is 0 Å². The molecule has 18 heavy (non-hydrogen) atoms. The molecule has 2 aromatic heterocycles. The highest BCUT2D eigenvalue weighted by Crippen LogP contribution is 2.26. The number of nitrogens with two attached hydrogens (primary N) is 1. The number of rotatable bonds is 1. The summed E-state index contributed by atoms with van der Waals surface area (Å²) in [6.45, 7) is 2.09. The van der Waals surface area contributed by atoms with E-state index in [0.29, 0.717) is 5.69 Å². The summed E-state index contributed by atoms with van der Waals surface area (Å²) in [6, 6.07) is 9.86. The van der Waals surface area contributed by atoms with Gasteiger partial charge in [-0.05, 0) is 47.2 Å². The molecule has 3 aromatic rings. The predicted octanol–water partition coefficient (Wildman–Crippen LogP) is 2.89. The van der Waals surface area contributed by atoms with Gasteiger partial charge >= 0.3 is 0 Å². The molecule has 5 heteroatoms. The molecule has 0 radical (unpaired) electrons. The van der Waals surface area contributed by atoms with E-state index in [9.17, 15) is 0 Å². The Labute approximate surface area is 118 Å². The second kappa shape index (κ2) is 4.24. The highest BCUT2D eigenvalue weighted by molar-refractivity contribution is 14.1. The van der Waals surface area contributed by atoms with E-state index in [1.807, 2.05) is 28.8 Å². The fraction of sp³-hybridized carbons (Fsp3) is 0.0769. The third kappa shape index (κ3) is 1.74. The largest absolute Gasteiger partial charge is 0.398 e. The lowest BCUT2D eigenvalue weighted by atomic mass is 10.1. The van der Waals surface area contributed by atoms with Crippen molar-refractivity contribution in [1.82, 2.24) is 14.6 Å². The second-order valence-corrected chi connectivity index (χ2v) is 5.23.